The van der Waals surface area contributed by atoms with Crippen molar-refractivity contribution >= 4 is 23.1 Å². The first-order valence-electron chi connectivity index (χ1n) is 15.6. The van der Waals surface area contributed by atoms with Crippen LogP contribution in [0.5, 0.6) is 11.8 Å². The van der Waals surface area contributed by atoms with Crippen molar-refractivity contribution in [1.29, 1.82) is 0 Å². The molecule has 0 saturated carbocycles. The summed E-state index contributed by atoms with van der Waals surface area (Å²) in [4.78, 5) is 40.5. The highest BCUT2D eigenvalue weighted by molar-refractivity contribution is 5.82. The standard InChI is InChI=1S/C33H44N8O5/c1-6-45-30-37-28(34)27-29(38-30)41(31(42)36-27)21-25-12-11-24(17-26(25)44-5)19-35-18-22-7-9-23(10-8-22)20-39-13-15-40(16-14-39)32(43)46-33(2,3)4/h7-12,17,35H,6,13-16,18-21H2,1-5H3,(H,36,42)(H2,34,37,38). The molecule has 2 aromatic carbocycles. The quantitative estimate of drug-likeness (QED) is 0.224. The fraction of sp³-hybridized carbons (Fsp3) is 0.455. The number of nitrogen functional groups attached to an aromatic ring is 1. The van der Waals surface area contributed by atoms with E-state index in [0.29, 0.717) is 49.7 Å². The van der Waals surface area contributed by atoms with Crippen molar-refractivity contribution in [3.8, 4) is 11.8 Å². The van der Waals surface area contributed by atoms with Crippen LogP contribution in [0.2, 0.25) is 0 Å². The predicted octanol–water partition coefficient (Wildman–Crippen LogP) is 3.50. The van der Waals surface area contributed by atoms with E-state index in [1.807, 2.05) is 45.9 Å². The van der Waals surface area contributed by atoms with E-state index in [1.54, 1.807) is 12.0 Å². The number of aromatic nitrogens is 4. The van der Waals surface area contributed by atoms with Gasteiger partial charge in [0.15, 0.2) is 11.5 Å². The van der Waals surface area contributed by atoms with E-state index in [0.717, 1.165) is 30.8 Å². The van der Waals surface area contributed by atoms with Gasteiger partial charge in [0.05, 0.1) is 20.3 Å². The van der Waals surface area contributed by atoms with Crippen molar-refractivity contribution in [1.82, 2.24) is 34.6 Å². The average molecular weight is 633 g/mol. The Morgan fingerprint density at radius 1 is 0.978 bits per heavy atom. The number of benzene rings is 2. The molecule has 4 aromatic rings. The molecule has 2 aromatic heterocycles. The minimum atomic E-state index is -0.480. The summed E-state index contributed by atoms with van der Waals surface area (Å²) >= 11 is 0. The summed E-state index contributed by atoms with van der Waals surface area (Å²) in [5.41, 5.74) is 10.3. The summed E-state index contributed by atoms with van der Waals surface area (Å²) in [6.07, 6.45) is -0.237. The lowest BCUT2D eigenvalue weighted by Gasteiger charge is -2.35. The molecule has 1 fully saturated rings. The fourth-order valence-electron chi connectivity index (χ4n) is 5.36. The molecule has 46 heavy (non-hydrogen) atoms. The van der Waals surface area contributed by atoms with Gasteiger partial charge in [0.2, 0.25) is 0 Å². The first-order valence-corrected chi connectivity index (χ1v) is 15.6. The molecule has 1 saturated heterocycles. The van der Waals surface area contributed by atoms with E-state index < -0.39 is 5.60 Å². The molecule has 0 atom stereocenters. The van der Waals surface area contributed by atoms with E-state index in [-0.39, 0.29) is 30.2 Å². The Bertz CT molecular complexity index is 1700. The van der Waals surface area contributed by atoms with Gasteiger partial charge in [0, 0.05) is 51.4 Å². The van der Waals surface area contributed by atoms with Crippen molar-refractivity contribution in [2.75, 3.05) is 45.6 Å². The van der Waals surface area contributed by atoms with Crippen molar-refractivity contribution in [2.45, 2.75) is 59.5 Å². The van der Waals surface area contributed by atoms with Crippen LogP contribution in [0, 0.1) is 0 Å². The smallest absolute Gasteiger partial charge is 0.410 e. The Labute approximate surface area is 268 Å². The van der Waals surface area contributed by atoms with E-state index in [4.69, 9.17) is 19.9 Å². The first-order chi connectivity index (χ1) is 22.0. The van der Waals surface area contributed by atoms with E-state index in [2.05, 4.69) is 49.4 Å². The van der Waals surface area contributed by atoms with Crippen LogP contribution in [0.4, 0.5) is 10.6 Å². The number of carbonyl (C=O) groups excluding carboxylic acids is 1. The second-order valence-electron chi connectivity index (χ2n) is 12.3. The van der Waals surface area contributed by atoms with Crippen LogP contribution in [0.15, 0.2) is 47.3 Å². The lowest BCUT2D eigenvalue weighted by atomic mass is 10.1. The summed E-state index contributed by atoms with van der Waals surface area (Å²) in [7, 11) is 1.61. The number of carbonyl (C=O) groups is 1. The molecule has 4 N–H and O–H groups in total. The van der Waals surface area contributed by atoms with E-state index >= 15 is 0 Å². The molecule has 0 bridgehead atoms. The molecule has 5 rings (SSSR count). The zero-order valence-electron chi connectivity index (χ0n) is 27.3. The Kier molecular flexibility index (Phi) is 10.1. The molecule has 0 aliphatic carbocycles. The normalized spacial score (nSPS) is 14.1. The average Bonchev–Trinajstić information content (AvgIpc) is 3.33. The molecular weight excluding hydrogens is 588 g/mol. The minimum absolute atomic E-state index is 0.124. The largest absolute Gasteiger partial charge is 0.496 e. The van der Waals surface area contributed by atoms with E-state index in [9.17, 15) is 9.59 Å². The third-order valence-electron chi connectivity index (χ3n) is 7.69. The maximum absolute atomic E-state index is 12.8. The number of amides is 1. The summed E-state index contributed by atoms with van der Waals surface area (Å²) in [5, 5.41) is 3.50. The summed E-state index contributed by atoms with van der Waals surface area (Å²) in [6.45, 7) is 13.3. The number of hydrogen-bond acceptors (Lipinski definition) is 10. The van der Waals surface area contributed by atoms with Gasteiger partial charge in [0.1, 0.15) is 16.9 Å². The van der Waals surface area contributed by atoms with Crippen molar-refractivity contribution in [3.63, 3.8) is 0 Å². The second kappa shape index (κ2) is 14.2. The number of H-pyrrole nitrogens is 1. The molecule has 1 amide bonds. The van der Waals surface area contributed by atoms with Crippen LogP contribution in [0.25, 0.3) is 11.2 Å². The predicted molar refractivity (Wildman–Crippen MR) is 176 cm³/mol. The molecule has 0 unspecified atom stereocenters. The van der Waals surface area contributed by atoms with Crippen molar-refractivity contribution < 1.29 is 19.0 Å². The van der Waals surface area contributed by atoms with E-state index in [1.165, 1.54) is 15.7 Å². The SMILES string of the molecule is CCOc1nc(N)c2[nH]c(=O)n(Cc3ccc(CNCc4ccc(CN5CCN(C(=O)OC(C)(C)C)CC5)cc4)cc3OC)c2n1. The van der Waals surface area contributed by atoms with Gasteiger partial charge >= 0.3 is 17.8 Å². The number of anilines is 1. The molecular formula is C33H44N8O5. The number of imidazole rings is 1. The maximum atomic E-state index is 12.8. The number of nitrogens with two attached hydrogens (primary N) is 1. The highest BCUT2D eigenvalue weighted by atomic mass is 16.6. The Morgan fingerprint density at radius 3 is 2.33 bits per heavy atom. The van der Waals surface area contributed by atoms with Crippen LogP contribution < -0.4 is 26.2 Å². The van der Waals surface area contributed by atoms with Gasteiger partial charge in [-0.3, -0.25) is 9.47 Å². The van der Waals surface area contributed by atoms with Crippen LogP contribution in [0.1, 0.15) is 49.9 Å². The van der Waals surface area contributed by atoms with Crippen molar-refractivity contribution in [2.24, 2.45) is 0 Å². The Morgan fingerprint density at radius 2 is 1.65 bits per heavy atom. The monoisotopic (exact) mass is 632 g/mol. The van der Waals surface area contributed by atoms with Crippen LogP contribution in [0.3, 0.4) is 0 Å². The number of piperazine rings is 1. The molecule has 3 heterocycles. The highest BCUT2D eigenvalue weighted by Crippen LogP contribution is 2.24. The lowest BCUT2D eigenvalue weighted by molar-refractivity contribution is 0.0139. The lowest BCUT2D eigenvalue weighted by Crippen LogP contribution is -2.49. The summed E-state index contributed by atoms with van der Waals surface area (Å²) in [5.74, 6) is 0.825. The van der Waals surface area contributed by atoms with Gasteiger partial charge in [0.25, 0.3) is 0 Å². The van der Waals surface area contributed by atoms with Gasteiger partial charge in [-0.1, -0.05) is 36.4 Å². The topological polar surface area (TPSA) is 153 Å². The third-order valence-corrected chi connectivity index (χ3v) is 7.69. The van der Waals surface area contributed by atoms with Crippen LogP contribution in [-0.2, 0) is 30.9 Å². The number of rotatable bonds is 11. The molecule has 13 nitrogen and oxygen atoms in total. The number of fused-ring (bicyclic) bond motifs is 1. The number of aromatic amines is 1. The number of hydrogen-bond donors (Lipinski definition) is 3. The van der Waals surface area contributed by atoms with Gasteiger partial charge in [-0.05, 0) is 50.5 Å². The molecule has 0 radical (unpaired) electrons. The number of nitrogens with one attached hydrogen (secondary N) is 2. The highest BCUT2D eigenvalue weighted by Gasteiger charge is 2.26. The summed E-state index contributed by atoms with van der Waals surface area (Å²) in [6, 6.07) is 14.7. The molecule has 246 valence electrons. The fourth-order valence-corrected chi connectivity index (χ4v) is 5.36. The van der Waals surface area contributed by atoms with Gasteiger partial charge in [-0.25, -0.2) is 9.59 Å². The number of ether oxygens (including phenoxy) is 3. The van der Waals surface area contributed by atoms with Crippen molar-refractivity contribution in [3.05, 3.63) is 75.2 Å². The second-order valence-corrected chi connectivity index (χ2v) is 12.3. The zero-order chi connectivity index (χ0) is 32.8. The van der Waals surface area contributed by atoms with Crippen LogP contribution >= 0.6 is 0 Å². The van der Waals surface area contributed by atoms with Crippen LogP contribution in [-0.4, -0.2) is 80.9 Å². The maximum Gasteiger partial charge on any atom is 0.410 e. The molecule has 0 spiro atoms. The number of nitrogens with zero attached hydrogens (tertiary/aromatic N) is 5. The zero-order valence-corrected chi connectivity index (χ0v) is 27.3. The molecule has 1 aliphatic heterocycles. The van der Waals surface area contributed by atoms with Gasteiger partial charge < -0.3 is 35.1 Å². The molecule has 1 aliphatic rings. The van der Waals surface area contributed by atoms with Gasteiger partial charge in [-0.2, -0.15) is 9.97 Å². The Hall–Kier alpha value is -4.62. The third kappa shape index (κ3) is 8.15. The Balaban J connectivity index is 1.13. The molecule has 13 heteroatoms. The summed E-state index contributed by atoms with van der Waals surface area (Å²) < 4.78 is 18.1. The van der Waals surface area contributed by atoms with Gasteiger partial charge in [-0.15, -0.1) is 0 Å². The minimum Gasteiger partial charge on any atom is -0.496 e. The first kappa shape index (κ1) is 32.8. The number of methoxy groups -OCH3 is 1.